The van der Waals surface area contributed by atoms with Gasteiger partial charge in [0.25, 0.3) is 0 Å². The van der Waals surface area contributed by atoms with Gasteiger partial charge in [-0.15, -0.1) is 0 Å². The van der Waals surface area contributed by atoms with Crippen molar-refractivity contribution in [1.29, 1.82) is 0 Å². The van der Waals surface area contributed by atoms with E-state index in [1.165, 1.54) is 12.1 Å². The zero-order valence-electron chi connectivity index (χ0n) is 9.28. The third-order valence-electron chi connectivity index (χ3n) is 1.91. The van der Waals surface area contributed by atoms with E-state index in [4.69, 9.17) is 8.94 Å². The van der Waals surface area contributed by atoms with E-state index in [9.17, 15) is 10.1 Å². The van der Waals surface area contributed by atoms with Crippen LogP contribution in [-0.2, 0) is 6.54 Å². The normalized spacial score (nSPS) is 11.0. The molecule has 0 saturated carbocycles. The number of hydrogen-bond donors (Lipinski definition) is 0. The molecule has 2 aromatic rings. The van der Waals surface area contributed by atoms with Gasteiger partial charge in [-0.2, -0.15) is 4.98 Å². The van der Waals surface area contributed by atoms with E-state index in [0.717, 1.165) is 0 Å². The Hall–Kier alpha value is -2.22. The average Bonchev–Trinajstić information content (AvgIpc) is 2.83. The molecule has 0 aliphatic rings. The molecule has 0 unspecified atom stereocenters. The highest BCUT2D eigenvalue weighted by atomic mass is 16.6. The molecular weight excluding hydrogens is 228 g/mol. The third kappa shape index (κ3) is 2.48. The maximum absolute atomic E-state index is 10.4. The summed E-state index contributed by atoms with van der Waals surface area (Å²) in [6, 6.07) is 2.68. The predicted octanol–water partition coefficient (Wildman–Crippen LogP) is 1.30. The lowest BCUT2D eigenvalue weighted by Gasteiger charge is -2.02. The number of rotatable bonds is 4. The molecule has 0 aliphatic carbocycles. The summed E-state index contributed by atoms with van der Waals surface area (Å²) in [6.07, 6.45) is 0. The minimum absolute atomic E-state index is 0.204. The third-order valence-corrected chi connectivity index (χ3v) is 1.91. The highest BCUT2D eigenvalue weighted by Gasteiger charge is 2.17. The van der Waals surface area contributed by atoms with Crippen LogP contribution in [0.5, 0.6) is 0 Å². The predicted molar refractivity (Wildman–Crippen MR) is 56.0 cm³/mol. The zero-order valence-corrected chi connectivity index (χ0v) is 9.28. The summed E-state index contributed by atoms with van der Waals surface area (Å²) in [7, 11) is 3.73. The van der Waals surface area contributed by atoms with Gasteiger partial charge in [-0.25, -0.2) is 0 Å². The van der Waals surface area contributed by atoms with Crippen molar-refractivity contribution in [3.8, 4) is 11.6 Å². The van der Waals surface area contributed by atoms with Crippen LogP contribution in [0.2, 0.25) is 0 Å². The van der Waals surface area contributed by atoms with E-state index in [2.05, 4.69) is 10.1 Å². The summed E-state index contributed by atoms with van der Waals surface area (Å²) in [5.74, 6) is 0.489. The molecule has 0 atom stereocenters. The minimum atomic E-state index is -0.621. The fraction of sp³-hybridized carbons (Fsp3) is 0.333. The summed E-state index contributed by atoms with van der Waals surface area (Å²) in [5, 5.41) is 14.1. The van der Waals surface area contributed by atoms with Crippen molar-refractivity contribution in [2.24, 2.45) is 0 Å². The van der Waals surface area contributed by atoms with Crippen LogP contribution in [-0.4, -0.2) is 34.1 Å². The molecule has 8 heteroatoms. The van der Waals surface area contributed by atoms with E-state index >= 15 is 0 Å². The molecule has 0 bridgehead atoms. The molecule has 2 rings (SSSR count). The van der Waals surface area contributed by atoms with Gasteiger partial charge in [0.05, 0.1) is 12.6 Å². The first-order valence-electron chi connectivity index (χ1n) is 4.78. The Bertz CT molecular complexity index is 531. The van der Waals surface area contributed by atoms with Crippen LogP contribution in [0.25, 0.3) is 11.6 Å². The number of furan rings is 1. The molecule has 8 nitrogen and oxygen atoms in total. The van der Waals surface area contributed by atoms with Gasteiger partial charge in [-0.05, 0) is 20.2 Å². The van der Waals surface area contributed by atoms with Gasteiger partial charge < -0.3 is 13.8 Å². The lowest BCUT2D eigenvalue weighted by atomic mass is 10.4. The van der Waals surface area contributed by atoms with Crippen LogP contribution in [0.3, 0.4) is 0 Å². The average molecular weight is 238 g/mol. The molecule has 90 valence electrons. The Morgan fingerprint density at radius 2 is 2.24 bits per heavy atom. The van der Waals surface area contributed by atoms with E-state index in [1.54, 1.807) is 0 Å². The molecule has 0 aromatic carbocycles. The number of hydrogen-bond acceptors (Lipinski definition) is 7. The number of nitrogens with zero attached hydrogens (tertiary/aromatic N) is 4. The van der Waals surface area contributed by atoms with Crippen LogP contribution in [0, 0.1) is 10.1 Å². The molecule has 0 spiro atoms. The first kappa shape index (κ1) is 11.3. The van der Waals surface area contributed by atoms with Crippen LogP contribution in [0.4, 0.5) is 5.88 Å². The zero-order chi connectivity index (χ0) is 12.4. The van der Waals surface area contributed by atoms with Crippen LogP contribution >= 0.6 is 0 Å². The van der Waals surface area contributed by atoms with Gasteiger partial charge in [0.15, 0.2) is 5.76 Å². The SMILES string of the molecule is CN(C)Cc1nc(-c2ccc([N+](=O)[O-])o2)no1. The van der Waals surface area contributed by atoms with Gasteiger partial charge in [0, 0.05) is 0 Å². The molecule has 0 saturated heterocycles. The fourth-order valence-corrected chi connectivity index (χ4v) is 1.24. The Labute approximate surface area is 96.0 Å². The van der Waals surface area contributed by atoms with Gasteiger partial charge in [-0.1, -0.05) is 5.16 Å². The van der Waals surface area contributed by atoms with Crippen LogP contribution < -0.4 is 0 Å². The highest BCUT2D eigenvalue weighted by Crippen LogP contribution is 2.23. The van der Waals surface area contributed by atoms with Crippen molar-refractivity contribution in [3.05, 3.63) is 28.1 Å². The lowest BCUT2D eigenvalue weighted by Crippen LogP contribution is -2.10. The summed E-state index contributed by atoms with van der Waals surface area (Å²) in [6.45, 7) is 0.496. The molecule has 0 amide bonds. The van der Waals surface area contributed by atoms with Gasteiger partial charge in [-0.3, -0.25) is 10.1 Å². The molecule has 0 radical (unpaired) electrons. The van der Waals surface area contributed by atoms with Crippen molar-refractivity contribution in [2.45, 2.75) is 6.54 Å². The summed E-state index contributed by atoms with van der Waals surface area (Å²) in [4.78, 5) is 15.7. The lowest BCUT2D eigenvalue weighted by molar-refractivity contribution is -0.401. The van der Waals surface area contributed by atoms with E-state index in [0.29, 0.717) is 12.4 Å². The second-order valence-corrected chi connectivity index (χ2v) is 3.64. The first-order valence-corrected chi connectivity index (χ1v) is 4.78. The van der Waals surface area contributed by atoms with Crippen molar-refractivity contribution >= 4 is 5.88 Å². The molecule has 0 fully saturated rings. The fourth-order valence-electron chi connectivity index (χ4n) is 1.24. The molecule has 2 heterocycles. The van der Waals surface area contributed by atoms with Crippen molar-refractivity contribution < 1.29 is 13.9 Å². The van der Waals surface area contributed by atoms with E-state index < -0.39 is 4.92 Å². The number of nitro groups is 1. The highest BCUT2D eigenvalue weighted by molar-refractivity contribution is 5.47. The Morgan fingerprint density at radius 3 is 2.82 bits per heavy atom. The van der Waals surface area contributed by atoms with E-state index in [-0.39, 0.29) is 17.5 Å². The molecule has 2 aromatic heterocycles. The maximum atomic E-state index is 10.4. The first-order chi connectivity index (χ1) is 8.06. The maximum Gasteiger partial charge on any atom is 0.433 e. The van der Waals surface area contributed by atoms with Crippen molar-refractivity contribution in [2.75, 3.05) is 14.1 Å². The topological polar surface area (TPSA) is 98.4 Å². The molecule has 0 aliphatic heterocycles. The summed E-state index contributed by atoms with van der Waals surface area (Å²) in [5.41, 5.74) is 0. The van der Waals surface area contributed by atoms with Crippen LogP contribution in [0.1, 0.15) is 5.89 Å². The van der Waals surface area contributed by atoms with Gasteiger partial charge in [0.2, 0.25) is 11.7 Å². The van der Waals surface area contributed by atoms with Crippen molar-refractivity contribution in [1.82, 2.24) is 15.0 Å². The smallest absolute Gasteiger partial charge is 0.397 e. The minimum Gasteiger partial charge on any atom is -0.397 e. The van der Waals surface area contributed by atoms with Gasteiger partial charge >= 0.3 is 5.88 Å². The number of aromatic nitrogens is 2. The van der Waals surface area contributed by atoms with Crippen molar-refractivity contribution in [3.63, 3.8) is 0 Å². The quantitative estimate of drug-likeness (QED) is 0.584. The molecule has 17 heavy (non-hydrogen) atoms. The van der Waals surface area contributed by atoms with E-state index in [1.807, 2.05) is 19.0 Å². The monoisotopic (exact) mass is 238 g/mol. The Kier molecular flexibility index (Phi) is 2.88. The summed E-state index contributed by atoms with van der Waals surface area (Å²) >= 11 is 0. The van der Waals surface area contributed by atoms with Gasteiger partial charge in [0.1, 0.15) is 4.92 Å². The molecule has 0 N–H and O–H groups in total. The molecular formula is C9H10N4O4. The second kappa shape index (κ2) is 4.34. The second-order valence-electron chi connectivity index (χ2n) is 3.64. The Morgan fingerprint density at radius 1 is 1.47 bits per heavy atom. The van der Waals surface area contributed by atoms with Crippen LogP contribution in [0.15, 0.2) is 21.1 Å². The standard InChI is InChI=1S/C9H10N4O4/c1-12(2)5-7-10-9(11-17-7)6-3-4-8(16-6)13(14)15/h3-4H,5H2,1-2H3. The largest absolute Gasteiger partial charge is 0.433 e. The Balaban J connectivity index is 2.21. The summed E-state index contributed by atoms with van der Waals surface area (Å²) < 4.78 is 9.92.